The minimum Gasteiger partial charge on any atom is -0.423 e. The third-order valence-electron chi connectivity index (χ3n) is 2.90. The average Bonchev–Trinajstić information content (AvgIpc) is 2.81. The molecule has 104 valence electrons. The van der Waals surface area contributed by atoms with Crippen molar-refractivity contribution in [3.8, 4) is 0 Å². The van der Waals surface area contributed by atoms with Gasteiger partial charge in [0.15, 0.2) is 5.58 Å². The van der Waals surface area contributed by atoms with Gasteiger partial charge in [-0.3, -0.25) is 0 Å². The first-order valence-electron chi connectivity index (χ1n) is 6.27. The summed E-state index contributed by atoms with van der Waals surface area (Å²) in [5, 5.41) is 3.15. The van der Waals surface area contributed by atoms with Gasteiger partial charge in [-0.05, 0) is 19.2 Å². The van der Waals surface area contributed by atoms with Crippen LogP contribution < -0.4 is 11.1 Å². The molecule has 6 nitrogen and oxygen atoms in total. The highest BCUT2D eigenvalue weighted by atomic mass is 16.5. The summed E-state index contributed by atoms with van der Waals surface area (Å²) in [6, 6.07) is 6.03. The van der Waals surface area contributed by atoms with Crippen LogP contribution in [0.5, 0.6) is 0 Å². The van der Waals surface area contributed by atoms with E-state index in [2.05, 4.69) is 15.2 Å². The van der Waals surface area contributed by atoms with Crippen LogP contribution in [0.15, 0.2) is 22.6 Å². The fourth-order valence-electron chi connectivity index (χ4n) is 1.76. The number of benzene rings is 1. The number of hydrogen-bond donors (Lipinski definition) is 2. The van der Waals surface area contributed by atoms with Crippen LogP contribution >= 0.6 is 0 Å². The van der Waals surface area contributed by atoms with Crippen molar-refractivity contribution in [1.29, 1.82) is 0 Å². The Morgan fingerprint density at radius 3 is 3.00 bits per heavy atom. The van der Waals surface area contributed by atoms with Crippen molar-refractivity contribution < 1.29 is 9.15 Å². The molecule has 3 N–H and O–H groups in total. The normalized spacial score (nSPS) is 11.3. The Morgan fingerprint density at radius 2 is 2.26 bits per heavy atom. The van der Waals surface area contributed by atoms with Crippen molar-refractivity contribution >= 4 is 22.8 Å². The Balaban J connectivity index is 1.86. The number of nitrogen functional groups attached to an aromatic ring is 1. The SMILES string of the molecule is COCCN(C)CCNc1nc2c(N)cccc2o1. The van der Waals surface area contributed by atoms with Gasteiger partial charge in [0.05, 0.1) is 12.3 Å². The van der Waals surface area contributed by atoms with Crippen LogP contribution in [0, 0.1) is 0 Å². The first-order valence-corrected chi connectivity index (χ1v) is 6.27. The van der Waals surface area contributed by atoms with E-state index < -0.39 is 0 Å². The summed E-state index contributed by atoms with van der Waals surface area (Å²) < 4.78 is 10.6. The molecule has 6 heteroatoms. The van der Waals surface area contributed by atoms with Crippen LogP contribution in [0.25, 0.3) is 11.1 Å². The number of nitrogens with zero attached hydrogens (tertiary/aromatic N) is 2. The van der Waals surface area contributed by atoms with Gasteiger partial charge < -0.3 is 25.1 Å². The Morgan fingerprint density at radius 1 is 1.42 bits per heavy atom. The summed E-state index contributed by atoms with van der Waals surface area (Å²) in [5.74, 6) is 0. The fourth-order valence-corrected chi connectivity index (χ4v) is 1.76. The van der Waals surface area contributed by atoms with Crippen molar-refractivity contribution in [2.75, 3.05) is 51.4 Å². The predicted octanol–water partition coefficient (Wildman–Crippen LogP) is 1.40. The van der Waals surface area contributed by atoms with Gasteiger partial charge in [0.25, 0.3) is 6.01 Å². The molecule has 0 aliphatic heterocycles. The van der Waals surface area contributed by atoms with Crippen molar-refractivity contribution in [2.45, 2.75) is 0 Å². The number of nitrogens with two attached hydrogens (primary N) is 1. The summed E-state index contributed by atoms with van der Waals surface area (Å²) in [6.45, 7) is 3.28. The van der Waals surface area contributed by atoms with Gasteiger partial charge >= 0.3 is 0 Å². The number of anilines is 2. The molecule has 0 aliphatic rings. The minimum atomic E-state index is 0.507. The first-order chi connectivity index (χ1) is 9.20. The molecule has 0 spiro atoms. The number of oxazole rings is 1. The van der Waals surface area contributed by atoms with E-state index in [1.54, 1.807) is 7.11 Å². The maximum Gasteiger partial charge on any atom is 0.295 e. The molecule has 1 aromatic heterocycles. The molecule has 19 heavy (non-hydrogen) atoms. The average molecular weight is 264 g/mol. The van der Waals surface area contributed by atoms with E-state index in [0.717, 1.165) is 26.2 Å². The summed E-state index contributed by atoms with van der Waals surface area (Å²) >= 11 is 0. The highest BCUT2D eigenvalue weighted by molar-refractivity contribution is 5.86. The van der Waals surface area contributed by atoms with Gasteiger partial charge in [-0.2, -0.15) is 4.98 Å². The lowest BCUT2D eigenvalue weighted by Gasteiger charge is -2.15. The molecule has 0 unspecified atom stereocenters. The Labute approximate surface area is 112 Å². The van der Waals surface area contributed by atoms with Gasteiger partial charge in [-0.15, -0.1) is 0 Å². The Hall–Kier alpha value is -1.79. The van der Waals surface area contributed by atoms with E-state index in [1.165, 1.54) is 0 Å². The lowest BCUT2D eigenvalue weighted by atomic mass is 10.3. The van der Waals surface area contributed by atoms with Crippen LogP contribution in [0.4, 0.5) is 11.7 Å². The number of rotatable bonds is 7. The number of aromatic nitrogens is 1. The van der Waals surface area contributed by atoms with E-state index >= 15 is 0 Å². The molecular weight excluding hydrogens is 244 g/mol. The molecule has 0 atom stereocenters. The van der Waals surface area contributed by atoms with Gasteiger partial charge in [-0.1, -0.05) is 6.07 Å². The van der Waals surface area contributed by atoms with Crippen molar-refractivity contribution in [1.82, 2.24) is 9.88 Å². The topological polar surface area (TPSA) is 76.5 Å². The second-order valence-corrected chi connectivity index (χ2v) is 4.44. The molecule has 1 heterocycles. The lowest BCUT2D eigenvalue weighted by molar-refractivity contribution is 0.163. The van der Waals surface area contributed by atoms with E-state index in [4.69, 9.17) is 14.9 Å². The van der Waals surface area contributed by atoms with Crippen LogP contribution in [0.2, 0.25) is 0 Å². The summed E-state index contributed by atoms with van der Waals surface area (Å²) in [4.78, 5) is 6.50. The zero-order chi connectivity index (χ0) is 13.7. The minimum absolute atomic E-state index is 0.507. The number of ether oxygens (including phenoxy) is 1. The van der Waals surface area contributed by atoms with Crippen molar-refractivity contribution in [3.05, 3.63) is 18.2 Å². The standard InChI is InChI=1S/C13H20N4O2/c1-17(8-9-18-2)7-6-15-13-16-12-10(14)4-3-5-11(12)19-13/h3-5H,6-9,14H2,1-2H3,(H,15,16). The number of likely N-dealkylation sites (N-methyl/N-ethyl adjacent to an activating group) is 1. The molecular formula is C13H20N4O2. The second kappa shape index (κ2) is 6.40. The zero-order valence-electron chi connectivity index (χ0n) is 11.3. The van der Waals surface area contributed by atoms with Crippen molar-refractivity contribution in [3.63, 3.8) is 0 Å². The summed E-state index contributed by atoms with van der Waals surface area (Å²) in [5.41, 5.74) is 7.87. The molecule has 0 fully saturated rings. The molecule has 0 saturated heterocycles. The number of hydrogen-bond acceptors (Lipinski definition) is 6. The monoisotopic (exact) mass is 264 g/mol. The van der Waals surface area contributed by atoms with Crippen LogP contribution in [0.1, 0.15) is 0 Å². The molecule has 0 aliphatic carbocycles. The predicted molar refractivity (Wildman–Crippen MR) is 76.3 cm³/mol. The van der Waals surface area contributed by atoms with Gasteiger partial charge in [-0.25, -0.2) is 0 Å². The van der Waals surface area contributed by atoms with Gasteiger partial charge in [0.2, 0.25) is 0 Å². The molecule has 0 saturated carbocycles. The Kier molecular flexibility index (Phi) is 4.59. The molecule has 0 amide bonds. The van der Waals surface area contributed by atoms with E-state index in [9.17, 15) is 0 Å². The molecule has 0 radical (unpaired) electrons. The second-order valence-electron chi connectivity index (χ2n) is 4.44. The molecule has 1 aromatic carbocycles. The lowest BCUT2D eigenvalue weighted by Crippen LogP contribution is -2.28. The molecule has 2 aromatic rings. The molecule has 0 bridgehead atoms. The number of para-hydroxylation sites is 1. The van der Waals surface area contributed by atoms with Crippen molar-refractivity contribution in [2.24, 2.45) is 0 Å². The summed E-state index contributed by atoms with van der Waals surface area (Å²) in [6.07, 6.45) is 0. The number of nitrogens with one attached hydrogen (secondary N) is 1. The van der Waals surface area contributed by atoms with Crippen LogP contribution in [-0.2, 0) is 4.74 Å². The van der Waals surface area contributed by atoms with Crippen LogP contribution in [0.3, 0.4) is 0 Å². The summed E-state index contributed by atoms with van der Waals surface area (Å²) in [7, 11) is 3.75. The largest absolute Gasteiger partial charge is 0.423 e. The highest BCUT2D eigenvalue weighted by Gasteiger charge is 2.07. The van der Waals surface area contributed by atoms with Gasteiger partial charge in [0.1, 0.15) is 5.52 Å². The maximum atomic E-state index is 5.83. The van der Waals surface area contributed by atoms with E-state index in [0.29, 0.717) is 22.8 Å². The highest BCUT2D eigenvalue weighted by Crippen LogP contribution is 2.23. The number of methoxy groups -OCH3 is 1. The van der Waals surface area contributed by atoms with E-state index in [1.807, 2.05) is 25.2 Å². The first kappa shape index (κ1) is 13.6. The third-order valence-corrected chi connectivity index (χ3v) is 2.90. The smallest absolute Gasteiger partial charge is 0.295 e. The Bertz CT molecular complexity index is 526. The molecule has 2 rings (SSSR count). The maximum absolute atomic E-state index is 5.83. The fraction of sp³-hybridized carbons (Fsp3) is 0.462. The van der Waals surface area contributed by atoms with E-state index in [-0.39, 0.29) is 0 Å². The zero-order valence-corrected chi connectivity index (χ0v) is 11.3. The third kappa shape index (κ3) is 3.59. The quantitative estimate of drug-likeness (QED) is 0.736. The number of fused-ring (bicyclic) bond motifs is 1. The van der Waals surface area contributed by atoms with Gasteiger partial charge in [0, 0.05) is 26.7 Å². The van der Waals surface area contributed by atoms with Crippen LogP contribution in [-0.4, -0.2) is 50.3 Å².